The normalized spacial score (nSPS) is 15.5. The average molecular weight is 394 g/mol. The zero-order valence-electron chi connectivity index (χ0n) is 14.9. The van der Waals surface area contributed by atoms with Crippen molar-refractivity contribution in [2.24, 2.45) is 5.73 Å². The van der Waals surface area contributed by atoms with Crippen molar-refractivity contribution in [3.63, 3.8) is 0 Å². The number of nitrogens with one attached hydrogen (secondary N) is 1. The summed E-state index contributed by atoms with van der Waals surface area (Å²) in [6, 6.07) is 9.35. The second-order valence-electron chi connectivity index (χ2n) is 7.14. The van der Waals surface area contributed by atoms with Gasteiger partial charge in [-0.3, -0.25) is 4.79 Å². The van der Waals surface area contributed by atoms with Crippen molar-refractivity contribution in [3.8, 4) is 0 Å². The molecule has 1 aromatic carbocycles. The van der Waals surface area contributed by atoms with Crippen LogP contribution in [0.2, 0.25) is 0 Å². The number of carbonyl (C=O) groups is 1. The van der Waals surface area contributed by atoms with E-state index in [0.29, 0.717) is 19.5 Å². The SMILES string of the molecule is CC(C)(N)CNC(=O)c1sccc1S(=O)(=O)N1CCc2ccccc2C1. The van der Waals surface area contributed by atoms with Gasteiger partial charge in [-0.05, 0) is 42.8 Å². The van der Waals surface area contributed by atoms with Gasteiger partial charge in [-0.1, -0.05) is 24.3 Å². The molecule has 0 saturated carbocycles. The molecule has 8 heteroatoms. The third-order valence-corrected chi connectivity index (χ3v) is 7.18. The van der Waals surface area contributed by atoms with Crippen molar-refractivity contribution in [1.82, 2.24) is 9.62 Å². The van der Waals surface area contributed by atoms with Crippen LogP contribution in [0.4, 0.5) is 0 Å². The van der Waals surface area contributed by atoms with Crippen LogP contribution in [0.5, 0.6) is 0 Å². The van der Waals surface area contributed by atoms with Gasteiger partial charge in [0.05, 0.1) is 0 Å². The van der Waals surface area contributed by atoms with E-state index in [4.69, 9.17) is 5.73 Å². The fraction of sp³-hybridized carbons (Fsp3) is 0.389. The van der Waals surface area contributed by atoms with Crippen molar-refractivity contribution < 1.29 is 13.2 Å². The number of hydrogen-bond donors (Lipinski definition) is 2. The van der Waals surface area contributed by atoms with Crippen LogP contribution in [0.1, 0.15) is 34.6 Å². The van der Waals surface area contributed by atoms with Crippen LogP contribution in [-0.4, -0.2) is 37.3 Å². The van der Waals surface area contributed by atoms with Crippen molar-refractivity contribution >= 4 is 27.3 Å². The number of fused-ring (bicyclic) bond motifs is 1. The maximum atomic E-state index is 13.1. The molecule has 0 radical (unpaired) electrons. The van der Waals surface area contributed by atoms with Crippen molar-refractivity contribution in [1.29, 1.82) is 0 Å². The van der Waals surface area contributed by atoms with E-state index in [2.05, 4.69) is 5.32 Å². The highest BCUT2D eigenvalue weighted by Crippen LogP contribution is 2.29. The summed E-state index contributed by atoms with van der Waals surface area (Å²) >= 11 is 1.13. The van der Waals surface area contributed by atoms with Gasteiger partial charge in [0.25, 0.3) is 5.91 Å². The van der Waals surface area contributed by atoms with Crippen LogP contribution in [-0.2, 0) is 23.0 Å². The van der Waals surface area contributed by atoms with Gasteiger partial charge >= 0.3 is 0 Å². The third kappa shape index (κ3) is 3.98. The Bertz CT molecular complexity index is 914. The Labute approximate surface area is 158 Å². The first kappa shape index (κ1) is 19.0. The summed E-state index contributed by atoms with van der Waals surface area (Å²) in [4.78, 5) is 12.7. The number of thiophene rings is 1. The molecule has 1 aliphatic heterocycles. The molecule has 3 rings (SSSR count). The molecule has 6 nitrogen and oxygen atoms in total. The Morgan fingerprint density at radius 2 is 1.96 bits per heavy atom. The maximum absolute atomic E-state index is 13.1. The van der Waals surface area contributed by atoms with Crippen molar-refractivity contribution in [2.75, 3.05) is 13.1 Å². The van der Waals surface area contributed by atoms with E-state index in [0.717, 1.165) is 16.9 Å². The summed E-state index contributed by atoms with van der Waals surface area (Å²) in [5.41, 5.74) is 7.50. The minimum Gasteiger partial charge on any atom is -0.349 e. The summed E-state index contributed by atoms with van der Waals surface area (Å²) in [6.07, 6.45) is 0.669. The predicted octanol–water partition coefficient (Wildman–Crippen LogP) is 1.96. The number of amides is 1. The highest BCUT2D eigenvalue weighted by atomic mass is 32.2. The summed E-state index contributed by atoms with van der Waals surface area (Å²) < 4.78 is 27.7. The van der Waals surface area contributed by atoms with E-state index >= 15 is 0 Å². The van der Waals surface area contributed by atoms with Gasteiger partial charge in [0.2, 0.25) is 10.0 Å². The monoisotopic (exact) mass is 393 g/mol. The highest BCUT2D eigenvalue weighted by Gasteiger charge is 2.32. The molecule has 0 fully saturated rings. The molecule has 1 aliphatic rings. The molecule has 140 valence electrons. The standard InChI is InChI=1S/C18H23N3O3S2/c1-18(2,19)12-20-17(22)16-15(8-10-25-16)26(23,24)21-9-7-13-5-3-4-6-14(13)11-21/h3-6,8,10H,7,9,11-12,19H2,1-2H3,(H,20,22). The van der Waals surface area contributed by atoms with Crippen molar-refractivity contribution in [3.05, 3.63) is 51.7 Å². The molecule has 0 unspecified atom stereocenters. The van der Waals surface area contributed by atoms with Crippen molar-refractivity contribution in [2.45, 2.75) is 37.2 Å². The molecule has 2 heterocycles. The summed E-state index contributed by atoms with van der Waals surface area (Å²) in [5, 5.41) is 4.35. The summed E-state index contributed by atoms with van der Waals surface area (Å²) in [7, 11) is -3.74. The van der Waals surface area contributed by atoms with Gasteiger partial charge < -0.3 is 11.1 Å². The summed E-state index contributed by atoms with van der Waals surface area (Å²) in [6.45, 7) is 4.59. The number of sulfonamides is 1. The quantitative estimate of drug-likeness (QED) is 0.812. The molecular weight excluding hydrogens is 370 g/mol. The van der Waals surface area contributed by atoms with Gasteiger partial charge in [0, 0.05) is 25.2 Å². The molecule has 0 spiro atoms. The Morgan fingerprint density at radius 1 is 1.27 bits per heavy atom. The van der Waals surface area contributed by atoms with Crippen LogP contribution < -0.4 is 11.1 Å². The predicted molar refractivity (Wildman–Crippen MR) is 103 cm³/mol. The molecule has 1 aromatic heterocycles. The zero-order chi connectivity index (χ0) is 18.9. The summed E-state index contributed by atoms with van der Waals surface area (Å²) in [5.74, 6) is -0.408. The van der Waals surface area contributed by atoms with Gasteiger partial charge in [0.1, 0.15) is 9.77 Å². The topological polar surface area (TPSA) is 92.5 Å². The third-order valence-electron chi connectivity index (χ3n) is 4.25. The Kier molecular flexibility index (Phi) is 5.21. The van der Waals surface area contributed by atoms with Crippen LogP contribution in [0.25, 0.3) is 0 Å². The van der Waals surface area contributed by atoms with E-state index in [1.807, 2.05) is 24.3 Å². The van der Waals surface area contributed by atoms with Gasteiger partial charge in [-0.2, -0.15) is 4.31 Å². The number of benzene rings is 1. The average Bonchev–Trinajstić information content (AvgIpc) is 3.09. The van der Waals surface area contributed by atoms with E-state index in [1.54, 1.807) is 19.2 Å². The van der Waals surface area contributed by atoms with Gasteiger partial charge in [-0.15, -0.1) is 11.3 Å². The van der Waals surface area contributed by atoms with E-state index in [9.17, 15) is 13.2 Å². The number of hydrogen-bond acceptors (Lipinski definition) is 5. The van der Waals surface area contributed by atoms with Crippen LogP contribution >= 0.6 is 11.3 Å². The minimum atomic E-state index is -3.74. The fourth-order valence-corrected chi connectivity index (χ4v) is 5.60. The molecule has 0 saturated heterocycles. The van der Waals surface area contributed by atoms with Gasteiger partial charge in [0.15, 0.2) is 0 Å². The molecule has 3 N–H and O–H groups in total. The highest BCUT2D eigenvalue weighted by molar-refractivity contribution is 7.89. The first-order valence-corrected chi connectivity index (χ1v) is 10.7. The molecule has 1 amide bonds. The molecule has 0 bridgehead atoms. The maximum Gasteiger partial charge on any atom is 0.262 e. The van der Waals surface area contributed by atoms with Gasteiger partial charge in [-0.25, -0.2) is 8.42 Å². The second-order valence-corrected chi connectivity index (χ2v) is 9.97. The second kappa shape index (κ2) is 7.11. The zero-order valence-corrected chi connectivity index (χ0v) is 16.5. The van der Waals surface area contributed by atoms with E-state index in [-0.39, 0.29) is 16.3 Å². The lowest BCUT2D eigenvalue weighted by Gasteiger charge is -2.28. The lowest BCUT2D eigenvalue weighted by molar-refractivity contribution is 0.0947. The lowest BCUT2D eigenvalue weighted by Crippen LogP contribution is -2.45. The number of nitrogens with zero attached hydrogens (tertiary/aromatic N) is 1. The number of carbonyl (C=O) groups excluding carboxylic acids is 1. The molecule has 26 heavy (non-hydrogen) atoms. The van der Waals surface area contributed by atoms with Crippen LogP contribution in [0.3, 0.4) is 0 Å². The molecular formula is C18H23N3O3S2. The largest absolute Gasteiger partial charge is 0.349 e. The number of nitrogens with two attached hydrogens (primary N) is 1. The smallest absolute Gasteiger partial charge is 0.262 e. The first-order valence-electron chi connectivity index (χ1n) is 8.40. The van der Waals surface area contributed by atoms with Crippen LogP contribution in [0, 0.1) is 0 Å². The van der Waals surface area contributed by atoms with Crippen LogP contribution in [0.15, 0.2) is 40.6 Å². The minimum absolute atomic E-state index is 0.0641. The first-order chi connectivity index (χ1) is 12.2. The number of rotatable bonds is 5. The Balaban J connectivity index is 1.83. The Hall–Kier alpha value is -1.74. The Morgan fingerprint density at radius 3 is 2.65 bits per heavy atom. The fourth-order valence-electron chi connectivity index (χ4n) is 2.87. The van der Waals surface area contributed by atoms with E-state index < -0.39 is 21.5 Å². The molecule has 0 aliphatic carbocycles. The lowest BCUT2D eigenvalue weighted by atomic mass is 10.0. The van der Waals surface area contributed by atoms with E-state index in [1.165, 1.54) is 15.9 Å². The molecule has 0 atom stereocenters. The molecule has 2 aromatic rings.